The molecule has 0 spiro atoms. The number of nitriles is 6. The molecular formula is C28H5F3N10. The SMILES string of the molecule is N#CC(C#N)=C1C(c2cnc(F)nc2)=C(C#N)c2c1cc1c(c2F)C(C#N)=C(c2cnc(F)nc2)C1=C(C#N)C#N. The minimum Gasteiger partial charge on any atom is -0.210 e. The molecule has 2 aliphatic rings. The minimum absolute atomic E-state index is 0.0117. The highest BCUT2D eigenvalue weighted by atomic mass is 19.1. The van der Waals surface area contributed by atoms with E-state index in [4.69, 9.17) is 0 Å². The van der Waals surface area contributed by atoms with E-state index in [-0.39, 0.29) is 66.8 Å². The molecule has 0 saturated carbocycles. The van der Waals surface area contributed by atoms with E-state index in [2.05, 4.69) is 19.9 Å². The summed E-state index contributed by atoms with van der Waals surface area (Å²) >= 11 is 0. The Balaban J connectivity index is 1.98. The number of aromatic nitrogens is 4. The van der Waals surface area contributed by atoms with Crippen LogP contribution in [0.4, 0.5) is 13.2 Å². The number of rotatable bonds is 2. The van der Waals surface area contributed by atoms with Crippen molar-refractivity contribution in [2.45, 2.75) is 0 Å². The van der Waals surface area contributed by atoms with Crippen molar-refractivity contribution in [2.75, 3.05) is 0 Å². The van der Waals surface area contributed by atoms with E-state index < -0.39 is 29.1 Å². The number of halogens is 3. The molecule has 0 amide bonds. The monoisotopic (exact) mass is 538 g/mol. The molecule has 5 rings (SSSR count). The second-order valence-electron chi connectivity index (χ2n) is 8.19. The number of hydrogen-bond donors (Lipinski definition) is 0. The number of fused-ring (bicyclic) bond motifs is 2. The Morgan fingerprint density at radius 3 is 1.20 bits per heavy atom. The van der Waals surface area contributed by atoms with Crippen molar-refractivity contribution in [2.24, 2.45) is 0 Å². The van der Waals surface area contributed by atoms with Crippen molar-refractivity contribution in [3.8, 4) is 36.4 Å². The molecule has 2 aromatic heterocycles. The first kappa shape index (κ1) is 25.7. The average molecular weight is 538 g/mol. The Kier molecular flexibility index (Phi) is 6.11. The summed E-state index contributed by atoms with van der Waals surface area (Å²) in [6.07, 6.45) is 1.75. The van der Waals surface area contributed by atoms with Gasteiger partial charge >= 0.3 is 12.2 Å². The summed E-state index contributed by atoms with van der Waals surface area (Å²) in [4.78, 5) is 13.8. The van der Waals surface area contributed by atoms with Crippen LogP contribution >= 0.6 is 0 Å². The highest BCUT2D eigenvalue weighted by molar-refractivity contribution is 6.29. The summed E-state index contributed by atoms with van der Waals surface area (Å²) in [5, 5.41) is 59.2. The summed E-state index contributed by atoms with van der Waals surface area (Å²) in [7, 11) is 0. The van der Waals surface area contributed by atoms with E-state index in [9.17, 15) is 40.4 Å². The largest absolute Gasteiger partial charge is 0.308 e. The van der Waals surface area contributed by atoms with Crippen LogP contribution in [0.25, 0.3) is 33.4 Å². The van der Waals surface area contributed by atoms with Gasteiger partial charge in [0.1, 0.15) is 53.4 Å². The van der Waals surface area contributed by atoms with E-state index in [1.807, 2.05) is 12.1 Å². The maximum Gasteiger partial charge on any atom is 0.308 e. The second-order valence-corrected chi connectivity index (χ2v) is 8.19. The van der Waals surface area contributed by atoms with E-state index in [1.165, 1.54) is 6.07 Å². The Hall–Kier alpha value is -6.93. The van der Waals surface area contributed by atoms with Crippen LogP contribution in [0.3, 0.4) is 0 Å². The van der Waals surface area contributed by atoms with Gasteiger partial charge in [-0.15, -0.1) is 0 Å². The fraction of sp³-hybridized carbons (Fsp3) is 0. The summed E-state index contributed by atoms with van der Waals surface area (Å²) in [6, 6.07) is 11.7. The van der Waals surface area contributed by atoms with Crippen LogP contribution in [0.5, 0.6) is 0 Å². The van der Waals surface area contributed by atoms with E-state index in [0.29, 0.717) is 0 Å². The molecular weight excluding hydrogens is 533 g/mol. The van der Waals surface area contributed by atoms with Gasteiger partial charge in [0.2, 0.25) is 0 Å². The fourth-order valence-electron chi connectivity index (χ4n) is 4.78. The molecule has 0 bridgehead atoms. The zero-order valence-electron chi connectivity index (χ0n) is 20.0. The van der Waals surface area contributed by atoms with Crippen LogP contribution in [-0.4, -0.2) is 19.9 Å². The van der Waals surface area contributed by atoms with Crippen molar-refractivity contribution in [3.63, 3.8) is 0 Å². The standard InChI is InChI=1S/C28H5F3N10/c29-26-24-16(20(12(2-32)3-33)22(18(24)6-36)14-8-38-27(30)39-9-14)1-17-21(13(4-34)5-35)23(19(7-37)25(17)26)15-10-40-28(31)41-11-15/h1,8-11H. The van der Waals surface area contributed by atoms with E-state index >= 15 is 4.39 Å². The molecule has 13 heteroatoms. The van der Waals surface area contributed by atoms with Crippen LogP contribution in [0.15, 0.2) is 42.0 Å². The van der Waals surface area contributed by atoms with Gasteiger partial charge in [0.05, 0.1) is 11.1 Å². The molecule has 1 aromatic carbocycles. The molecule has 41 heavy (non-hydrogen) atoms. The van der Waals surface area contributed by atoms with Gasteiger partial charge in [0.15, 0.2) is 0 Å². The molecule has 0 saturated heterocycles. The van der Waals surface area contributed by atoms with Crippen molar-refractivity contribution < 1.29 is 13.2 Å². The Labute approximate surface area is 228 Å². The Morgan fingerprint density at radius 1 is 0.561 bits per heavy atom. The summed E-state index contributed by atoms with van der Waals surface area (Å²) in [5.41, 5.74) is -3.57. The number of allylic oxidation sites excluding steroid dienone is 8. The molecule has 0 unspecified atom stereocenters. The maximum absolute atomic E-state index is 16.6. The van der Waals surface area contributed by atoms with Gasteiger partial charge in [-0.2, -0.15) is 40.4 Å². The predicted molar refractivity (Wildman–Crippen MR) is 132 cm³/mol. The lowest BCUT2D eigenvalue weighted by molar-refractivity contribution is 0.537. The van der Waals surface area contributed by atoms with Gasteiger partial charge in [-0.3, -0.25) is 0 Å². The van der Waals surface area contributed by atoms with Crippen molar-refractivity contribution in [3.05, 3.63) is 93.4 Å². The molecule has 0 radical (unpaired) electrons. The zero-order valence-corrected chi connectivity index (χ0v) is 20.0. The summed E-state index contributed by atoms with van der Waals surface area (Å²) < 4.78 is 43.6. The number of benzene rings is 1. The Morgan fingerprint density at radius 2 is 0.902 bits per heavy atom. The van der Waals surface area contributed by atoms with Gasteiger partial charge in [-0.25, -0.2) is 24.3 Å². The molecule has 0 aliphatic heterocycles. The van der Waals surface area contributed by atoms with Gasteiger partial charge < -0.3 is 0 Å². The third kappa shape index (κ3) is 3.69. The molecule has 10 nitrogen and oxygen atoms in total. The summed E-state index contributed by atoms with van der Waals surface area (Å²) in [6.45, 7) is 0. The molecule has 2 aliphatic carbocycles. The normalized spacial score (nSPS) is 12.8. The van der Waals surface area contributed by atoms with Crippen LogP contribution in [-0.2, 0) is 0 Å². The molecule has 188 valence electrons. The van der Waals surface area contributed by atoms with E-state index in [1.54, 1.807) is 24.3 Å². The molecule has 0 atom stereocenters. The van der Waals surface area contributed by atoms with Gasteiger partial charge in [0, 0.05) is 69.3 Å². The first-order chi connectivity index (χ1) is 19.8. The van der Waals surface area contributed by atoms with Crippen LogP contribution < -0.4 is 0 Å². The zero-order chi connectivity index (χ0) is 29.4. The van der Waals surface area contributed by atoms with E-state index in [0.717, 1.165) is 24.8 Å². The molecule has 2 heterocycles. The van der Waals surface area contributed by atoms with Crippen molar-refractivity contribution in [1.82, 2.24) is 19.9 Å². The fourth-order valence-corrected chi connectivity index (χ4v) is 4.78. The first-order valence-electron chi connectivity index (χ1n) is 11.1. The lowest BCUT2D eigenvalue weighted by Crippen LogP contribution is -2.00. The van der Waals surface area contributed by atoms with Gasteiger partial charge in [-0.1, -0.05) is 0 Å². The number of nitrogens with zero attached hydrogens (tertiary/aromatic N) is 10. The summed E-state index contributed by atoms with van der Waals surface area (Å²) in [5.74, 6) is -1.14. The molecule has 0 N–H and O–H groups in total. The maximum atomic E-state index is 16.6. The topological polar surface area (TPSA) is 194 Å². The third-order valence-corrected chi connectivity index (χ3v) is 6.29. The molecule has 3 aromatic rings. The highest BCUT2D eigenvalue weighted by Crippen LogP contribution is 2.55. The smallest absolute Gasteiger partial charge is 0.210 e. The van der Waals surface area contributed by atoms with Crippen LogP contribution in [0.2, 0.25) is 0 Å². The number of hydrogen-bond acceptors (Lipinski definition) is 10. The van der Waals surface area contributed by atoms with Crippen LogP contribution in [0, 0.1) is 86.0 Å². The quantitative estimate of drug-likeness (QED) is 0.337. The van der Waals surface area contributed by atoms with Gasteiger partial charge in [0.25, 0.3) is 0 Å². The lowest BCUT2D eigenvalue weighted by atomic mass is 9.89. The predicted octanol–water partition coefficient (Wildman–Crippen LogP) is 4.18. The third-order valence-electron chi connectivity index (χ3n) is 6.29. The first-order valence-corrected chi connectivity index (χ1v) is 11.1. The Bertz CT molecular complexity index is 1930. The van der Waals surface area contributed by atoms with Gasteiger partial charge in [-0.05, 0) is 17.2 Å². The molecule has 0 fully saturated rings. The minimum atomic E-state index is -1.14. The highest BCUT2D eigenvalue weighted by Gasteiger charge is 2.40. The average Bonchev–Trinajstić information content (AvgIpc) is 3.49. The van der Waals surface area contributed by atoms with Crippen molar-refractivity contribution in [1.29, 1.82) is 31.6 Å². The second kappa shape index (κ2) is 9.75. The lowest BCUT2D eigenvalue weighted by Gasteiger charge is -2.12. The van der Waals surface area contributed by atoms with Crippen LogP contribution in [0.1, 0.15) is 33.4 Å². The van der Waals surface area contributed by atoms with Crippen molar-refractivity contribution >= 4 is 33.4 Å².